The van der Waals surface area contributed by atoms with Gasteiger partial charge in [0.1, 0.15) is 17.8 Å². The molecule has 0 radical (unpaired) electrons. The first-order chi connectivity index (χ1) is 12.9. The summed E-state index contributed by atoms with van der Waals surface area (Å²) in [6, 6.07) is 6.81. The lowest BCUT2D eigenvalue weighted by atomic mass is 9.94. The van der Waals surface area contributed by atoms with Gasteiger partial charge in [-0.3, -0.25) is 14.5 Å². The van der Waals surface area contributed by atoms with Crippen molar-refractivity contribution >= 4 is 17.8 Å². The summed E-state index contributed by atoms with van der Waals surface area (Å²) in [5, 5.41) is 5.48. The molecule has 1 heterocycles. The molecule has 1 atom stereocenters. The smallest absolute Gasteiger partial charge is 0.325 e. The van der Waals surface area contributed by atoms with Gasteiger partial charge in [-0.15, -0.1) is 0 Å². The van der Waals surface area contributed by atoms with Crippen molar-refractivity contribution in [1.82, 2.24) is 15.5 Å². The van der Waals surface area contributed by atoms with Crippen LogP contribution in [0.15, 0.2) is 24.3 Å². The number of benzene rings is 1. The van der Waals surface area contributed by atoms with E-state index < -0.39 is 11.6 Å². The van der Waals surface area contributed by atoms with Crippen molar-refractivity contribution in [3.8, 4) is 5.75 Å². The Balaban J connectivity index is 1.85. The number of urea groups is 1. The Labute approximate surface area is 160 Å². The maximum absolute atomic E-state index is 12.6. The Bertz CT molecular complexity index is 674. The van der Waals surface area contributed by atoms with Crippen LogP contribution in [0.4, 0.5) is 4.79 Å². The lowest BCUT2D eigenvalue weighted by Crippen LogP contribution is -2.45. The van der Waals surface area contributed by atoms with Gasteiger partial charge in [0.05, 0.1) is 7.11 Å². The molecule has 0 spiro atoms. The first-order valence-electron chi connectivity index (χ1n) is 9.43. The van der Waals surface area contributed by atoms with Crippen LogP contribution in [-0.2, 0) is 16.1 Å². The van der Waals surface area contributed by atoms with Gasteiger partial charge >= 0.3 is 6.03 Å². The Hall–Kier alpha value is -2.57. The average molecular weight is 375 g/mol. The van der Waals surface area contributed by atoms with Crippen LogP contribution in [0.2, 0.25) is 0 Å². The lowest BCUT2D eigenvalue weighted by Gasteiger charge is -2.21. The maximum Gasteiger partial charge on any atom is 0.325 e. The summed E-state index contributed by atoms with van der Waals surface area (Å²) in [4.78, 5) is 38.0. The molecule has 1 fully saturated rings. The Morgan fingerprint density at radius 2 is 1.89 bits per heavy atom. The predicted octanol–water partition coefficient (Wildman–Crippen LogP) is 2.59. The molecule has 4 amide bonds. The molecule has 7 heteroatoms. The fourth-order valence-corrected chi connectivity index (χ4v) is 3.11. The highest BCUT2D eigenvalue weighted by Crippen LogP contribution is 2.24. The van der Waals surface area contributed by atoms with Crippen LogP contribution < -0.4 is 15.4 Å². The molecule has 2 rings (SSSR count). The number of methoxy groups -OCH3 is 1. The molecule has 148 valence electrons. The second-order valence-electron chi connectivity index (χ2n) is 7.09. The number of nitrogens with zero attached hydrogens (tertiary/aromatic N) is 1. The largest absolute Gasteiger partial charge is 0.497 e. The minimum atomic E-state index is -0.916. The number of rotatable bonds is 10. The third-order valence-corrected chi connectivity index (χ3v) is 4.83. The van der Waals surface area contributed by atoms with Crippen molar-refractivity contribution in [1.29, 1.82) is 0 Å². The molecule has 1 aromatic rings. The number of carbonyl (C=O) groups is 3. The fourth-order valence-electron chi connectivity index (χ4n) is 3.11. The van der Waals surface area contributed by atoms with Crippen LogP contribution in [0.25, 0.3) is 0 Å². The van der Waals surface area contributed by atoms with Gasteiger partial charge < -0.3 is 15.4 Å². The van der Waals surface area contributed by atoms with Crippen LogP contribution in [0, 0.1) is 0 Å². The standard InChI is InChI=1S/C20H29N3O4/c1-4-5-6-7-12-20(2)18(25)23(19(26)22-20)14-17(24)21-13-15-8-10-16(27-3)11-9-15/h8-11H,4-7,12-14H2,1-3H3,(H,21,24)(H,22,26). The van der Waals surface area contributed by atoms with Gasteiger partial charge in [0.25, 0.3) is 5.91 Å². The van der Waals surface area contributed by atoms with Gasteiger partial charge in [-0.1, -0.05) is 44.7 Å². The summed E-state index contributed by atoms with van der Waals surface area (Å²) < 4.78 is 5.09. The van der Waals surface area contributed by atoms with Crippen LogP contribution in [0.1, 0.15) is 51.5 Å². The molecule has 7 nitrogen and oxygen atoms in total. The molecule has 27 heavy (non-hydrogen) atoms. The molecule has 0 aromatic heterocycles. The molecule has 1 aromatic carbocycles. The highest BCUT2D eigenvalue weighted by Gasteiger charge is 2.47. The van der Waals surface area contributed by atoms with Gasteiger partial charge in [-0.25, -0.2) is 4.79 Å². The predicted molar refractivity (Wildman–Crippen MR) is 102 cm³/mol. The second kappa shape index (κ2) is 9.39. The third kappa shape index (κ3) is 5.45. The van der Waals surface area contributed by atoms with Crippen LogP contribution in [0.3, 0.4) is 0 Å². The number of hydrogen-bond donors (Lipinski definition) is 2. The highest BCUT2D eigenvalue weighted by atomic mass is 16.5. The fraction of sp³-hybridized carbons (Fsp3) is 0.550. The van der Waals surface area contributed by atoms with E-state index in [-0.39, 0.29) is 18.4 Å². The highest BCUT2D eigenvalue weighted by molar-refractivity contribution is 6.08. The Morgan fingerprint density at radius 1 is 1.19 bits per heavy atom. The zero-order valence-corrected chi connectivity index (χ0v) is 16.3. The first kappa shape index (κ1) is 20.7. The van der Waals surface area contributed by atoms with E-state index >= 15 is 0 Å². The molecular weight excluding hydrogens is 346 g/mol. The van der Waals surface area contributed by atoms with E-state index in [1.165, 1.54) is 0 Å². The van der Waals surface area contributed by atoms with Crippen LogP contribution in [0.5, 0.6) is 5.75 Å². The Morgan fingerprint density at radius 3 is 2.52 bits per heavy atom. The number of ether oxygens (including phenoxy) is 1. The quantitative estimate of drug-likeness (QED) is 0.486. The van der Waals surface area contributed by atoms with Crippen molar-refractivity contribution in [2.24, 2.45) is 0 Å². The van der Waals surface area contributed by atoms with E-state index in [9.17, 15) is 14.4 Å². The van der Waals surface area contributed by atoms with Gasteiger partial charge in [-0.05, 0) is 31.0 Å². The van der Waals surface area contributed by atoms with Gasteiger partial charge in [0.2, 0.25) is 5.91 Å². The molecule has 0 saturated carbocycles. The number of carbonyl (C=O) groups excluding carboxylic acids is 3. The SMILES string of the molecule is CCCCCCC1(C)NC(=O)N(CC(=O)NCc2ccc(OC)cc2)C1=O. The van der Waals surface area contributed by atoms with Crippen molar-refractivity contribution in [3.63, 3.8) is 0 Å². The molecule has 0 aliphatic carbocycles. The van der Waals surface area contributed by atoms with E-state index in [2.05, 4.69) is 17.6 Å². The monoisotopic (exact) mass is 375 g/mol. The normalized spacial score (nSPS) is 19.1. The maximum atomic E-state index is 12.6. The van der Waals surface area contributed by atoms with E-state index in [4.69, 9.17) is 4.74 Å². The topological polar surface area (TPSA) is 87.7 Å². The molecule has 1 aliphatic heterocycles. The minimum Gasteiger partial charge on any atom is -0.497 e. The zero-order chi connectivity index (χ0) is 19.9. The van der Waals surface area contributed by atoms with Crippen molar-refractivity contribution in [3.05, 3.63) is 29.8 Å². The van der Waals surface area contributed by atoms with E-state index in [0.717, 1.165) is 41.9 Å². The number of imide groups is 1. The number of nitrogens with one attached hydrogen (secondary N) is 2. The van der Waals surface area contributed by atoms with Gasteiger partial charge in [0.15, 0.2) is 0 Å². The second-order valence-corrected chi connectivity index (χ2v) is 7.09. The summed E-state index contributed by atoms with van der Waals surface area (Å²) in [6.07, 6.45) is 4.69. The number of unbranched alkanes of at least 4 members (excludes halogenated alkanes) is 3. The van der Waals surface area contributed by atoms with Crippen molar-refractivity contribution in [2.75, 3.05) is 13.7 Å². The average Bonchev–Trinajstić information content (AvgIpc) is 2.87. The van der Waals surface area contributed by atoms with E-state index in [0.29, 0.717) is 13.0 Å². The van der Waals surface area contributed by atoms with E-state index in [1.807, 2.05) is 24.3 Å². The van der Waals surface area contributed by atoms with E-state index in [1.54, 1.807) is 14.0 Å². The van der Waals surface area contributed by atoms with Gasteiger partial charge in [-0.2, -0.15) is 0 Å². The lowest BCUT2D eigenvalue weighted by molar-refractivity contribution is -0.134. The Kier molecular flexibility index (Phi) is 7.21. The molecule has 1 unspecified atom stereocenters. The summed E-state index contributed by atoms with van der Waals surface area (Å²) in [5.74, 6) is 0.0378. The third-order valence-electron chi connectivity index (χ3n) is 4.83. The zero-order valence-electron chi connectivity index (χ0n) is 16.3. The molecular formula is C20H29N3O4. The number of amides is 4. The molecule has 1 aliphatic rings. The minimum absolute atomic E-state index is 0.272. The summed E-state index contributed by atoms with van der Waals surface area (Å²) in [7, 11) is 1.59. The summed E-state index contributed by atoms with van der Waals surface area (Å²) in [6.45, 7) is 3.90. The first-order valence-corrected chi connectivity index (χ1v) is 9.43. The van der Waals surface area contributed by atoms with Crippen molar-refractivity contribution < 1.29 is 19.1 Å². The van der Waals surface area contributed by atoms with Crippen molar-refractivity contribution in [2.45, 2.75) is 58.0 Å². The molecule has 0 bridgehead atoms. The van der Waals surface area contributed by atoms with Crippen LogP contribution >= 0.6 is 0 Å². The summed E-state index contributed by atoms with van der Waals surface area (Å²) in [5.41, 5.74) is -0.0109. The van der Waals surface area contributed by atoms with Crippen LogP contribution in [-0.4, -0.2) is 41.9 Å². The van der Waals surface area contributed by atoms with Gasteiger partial charge in [0, 0.05) is 6.54 Å². The summed E-state index contributed by atoms with van der Waals surface area (Å²) >= 11 is 0. The molecule has 1 saturated heterocycles. The molecule has 2 N–H and O–H groups in total. The number of hydrogen-bond acceptors (Lipinski definition) is 4.